The number of benzene rings is 2. The van der Waals surface area contributed by atoms with Crippen molar-refractivity contribution in [3.05, 3.63) is 59.7 Å². The molecule has 5 nitrogen and oxygen atoms in total. The van der Waals surface area contributed by atoms with E-state index in [1.807, 2.05) is 24.3 Å². The second-order valence-corrected chi connectivity index (χ2v) is 7.39. The molecule has 0 spiro atoms. The molecule has 0 saturated heterocycles. The first kappa shape index (κ1) is 17.6. The Morgan fingerprint density at radius 2 is 1.63 bits per heavy atom. The molecule has 2 aromatic rings. The summed E-state index contributed by atoms with van der Waals surface area (Å²) < 4.78 is 5.58. The number of hydrogen-bond donors (Lipinski definition) is 1. The molecule has 4 rings (SSSR count). The number of carboxylic acids is 1. The zero-order chi connectivity index (χ0) is 19.0. The van der Waals surface area contributed by atoms with Gasteiger partial charge >= 0.3 is 12.1 Å². The number of hydrogen-bond acceptors (Lipinski definition) is 3. The highest BCUT2D eigenvalue weighted by Gasteiger charge is 2.38. The van der Waals surface area contributed by atoms with Crippen LogP contribution in [0.3, 0.4) is 0 Å². The van der Waals surface area contributed by atoms with E-state index in [1.165, 1.54) is 23.1 Å². The van der Waals surface area contributed by atoms with Gasteiger partial charge in [0.25, 0.3) is 0 Å². The van der Waals surface area contributed by atoms with Crippen molar-refractivity contribution in [1.82, 2.24) is 4.90 Å². The van der Waals surface area contributed by atoms with Crippen molar-refractivity contribution in [3.63, 3.8) is 0 Å². The zero-order valence-corrected chi connectivity index (χ0v) is 15.3. The first-order valence-corrected chi connectivity index (χ1v) is 9.38. The van der Waals surface area contributed by atoms with Crippen LogP contribution in [0.5, 0.6) is 0 Å². The molecule has 0 radical (unpaired) electrons. The number of likely N-dealkylation sites (N-methyl/N-ethyl adjacent to an activating group) is 1. The maximum Gasteiger partial charge on any atom is 0.410 e. The van der Waals surface area contributed by atoms with Gasteiger partial charge < -0.3 is 9.84 Å². The quantitative estimate of drug-likeness (QED) is 0.865. The van der Waals surface area contributed by atoms with E-state index in [2.05, 4.69) is 24.3 Å². The van der Waals surface area contributed by atoms with Crippen LogP contribution >= 0.6 is 0 Å². The van der Waals surface area contributed by atoms with Crippen LogP contribution in [-0.4, -0.2) is 41.8 Å². The molecule has 1 saturated carbocycles. The van der Waals surface area contributed by atoms with Crippen molar-refractivity contribution < 1.29 is 19.4 Å². The molecular weight excluding hydrogens is 342 g/mol. The van der Waals surface area contributed by atoms with E-state index in [0.29, 0.717) is 0 Å². The maximum absolute atomic E-state index is 12.6. The van der Waals surface area contributed by atoms with E-state index in [0.717, 1.165) is 30.4 Å². The van der Waals surface area contributed by atoms with Crippen LogP contribution in [0.25, 0.3) is 11.1 Å². The molecule has 0 bridgehead atoms. The third kappa shape index (κ3) is 3.07. The maximum atomic E-state index is 12.6. The van der Waals surface area contributed by atoms with E-state index >= 15 is 0 Å². The summed E-state index contributed by atoms with van der Waals surface area (Å²) in [6, 6.07) is 15.5. The molecule has 27 heavy (non-hydrogen) atoms. The summed E-state index contributed by atoms with van der Waals surface area (Å²) in [6.07, 6.45) is 2.14. The van der Waals surface area contributed by atoms with E-state index < -0.39 is 18.1 Å². The number of amides is 1. The summed E-state index contributed by atoms with van der Waals surface area (Å²) in [7, 11) is 1.52. The largest absolute Gasteiger partial charge is 0.480 e. The minimum absolute atomic E-state index is 0.0213. The predicted octanol–water partition coefficient (Wildman–Crippen LogP) is 4.12. The molecule has 0 heterocycles. The first-order valence-electron chi connectivity index (χ1n) is 9.38. The fourth-order valence-electron chi connectivity index (χ4n) is 4.25. The summed E-state index contributed by atoms with van der Waals surface area (Å²) in [5, 5.41) is 9.52. The normalized spacial score (nSPS) is 16.8. The van der Waals surface area contributed by atoms with Crippen molar-refractivity contribution in [2.75, 3.05) is 13.7 Å². The van der Waals surface area contributed by atoms with Crippen molar-refractivity contribution in [2.24, 2.45) is 5.92 Å². The predicted molar refractivity (Wildman–Crippen MR) is 102 cm³/mol. The number of rotatable bonds is 5. The van der Waals surface area contributed by atoms with E-state index in [-0.39, 0.29) is 18.4 Å². The Bertz CT molecular complexity index is 829. The third-order valence-electron chi connectivity index (χ3n) is 5.89. The Morgan fingerprint density at radius 1 is 1.07 bits per heavy atom. The molecule has 0 unspecified atom stereocenters. The number of carbonyl (C=O) groups excluding carboxylic acids is 1. The minimum Gasteiger partial charge on any atom is -0.480 e. The molecular formula is C22H23NO4. The average molecular weight is 365 g/mol. The molecule has 2 aromatic carbocycles. The number of carbonyl (C=O) groups is 2. The molecule has 5 heteroatoms. The van der Waals surface area contributed by atoms with Crippen molar-refractivity contribution in [2.45, 2.75) is 31.2 Å². The van der Waals surface area contributed by atoms with E-state index in [9.17, 15) is 14.7 Å². The fourth-order valence-corrected chi connectivity index (χ4v) is 4.25. The number of ether oxygens (including phenoxy) is 1. The lowest BCUT2D eigenvalue weighted by molar-refractivity contribution is -0.145. The summed E-state index contributed by atoms with van der Waals surface area (Å²) >= 11 is 0. The molecule has 2 aliphatic carbocycles. The highest BCUT2D eigenvalue weighted by atomic mass is 16.6. The van der Waals surface area contributed by atoms with Gasteiger partial charge in [-0.1, -0.05) is 55.0 Å². The summed E-state index contributed by atoms with van der Waals surface area (Å²) in [6.45, 7) is 0.203. The number of aliphatic carboxylic acids is 1. The molecule has 1 amide bonds. The number of fused-ring (bicyclic) bond motifs is 3. The summed E-state index contributed by atoms with van der Waals surface area (Å²) in [5.41, 5.74) is 4.62. The van der Waals surface area contributed by atoms with Crippen LogP contribution in [0.4, 0.5) is 4.79 Å². The molecule has 1 N–H and O–H groups in total. The molecule has 0 aliphatic heterocycles. The minimum atomic E-state index is -0.962. The van der Waals surface area contributed by atoms with Crippen LogP contribution in [0.15, 0.2) is 48.5 Å². The first-order chi connectivity index (χ1) is 13.1. The van der Waals surface area contributed by atoms with Gasteiger partial charge in [-0.05, 0) is 41.0 Å². The van der Waals surface area contributed by atoms with Crippen LogP contribution in [0, 0.1) is 5.92 Å². The lowest BCUT2D eigenvalue weighted by atomic mass is 9.79. The van der Waals surface area contributed by atoms with Crippen LogP contribution in [0.1, 0.15) is 36.3 Å². The fraction of sp³-hybridized carbons (Fsp3) is 0.364. The van der Waals surface area contributed by atoms with Crippen molar-refractivity contribution in [3.8, 4) is 11.1 Å². The average Bonchev–Trinajstić information content (AvgIpc) is 2.95. The Kier molecular flexibility index (Phi) is 4.60. The van der Waals surface area contributed by atoms with Crippen molar-refractivity contribution >= 4 is 12.1 Å². The van der Waals surface area contributed by atoms with Crippen LogP contribution in [0.2, 0.25) is 0 Å². The van der Waals surface area contributed by atoms with Gasteiger partial charge in [0.1, 0.15) is 12.6 Å². The molecule has 0 aromatic heterocycles. The smallest absolute Gasteiger partial charge is 0.410 e. The summed E-state index contributed by atoms with van der Waals surface area (Å²) in [5.74, 6) is -0.967. The SMILES string of the molecule is CN(C(=O)OCC1c2ccccc2-c2ccccc21)[C@H](C(=O)O)C1CCC1. The van der Waals surface area contributed by atoms with Gasteiger partial charge in [0.15, 0.2) is 0 Å². The third-order valence-corrected chi connectivity index (χ3v) is 5.89. The van der Waals surface area contributed by atoms with Gasteiger partial charge in [-0.25, -0.2) is 9.59 Å². The standard InChI is InChI=1S/C22H23NO4/c1-23(20(21(24)25)14-7-6-8-14)22(26)27-13-19-17-11-4-2-9-15(17)16-10-3-5-12-18(16)19/h2-5,9-12,14,19-20H,6-8,13H2,1H3,(H,24,25)/t20-/m0/s1. The van der Waals surface area contributed by atoms with Gasteiger partial charge in [-0.3, -0.25) is 4.90 Å². The Hall–Kier alpha value is -2.82. The van der Waals surface area contributed by atoms with Gasteiger partial charge in [-0.15, -0.1) is 0 Å². The molecule has 1 fully saturated rings. The number of nitrogens with zero attached hydrogens (tertiary/aromatic N) is 1. The van der Waals surface area contributed by atoms with Gasteiger partial charge in [0, 0.05) is 13.0 Å². The second kappa shape index (κ2) is 7.06. The Balaban J connectivity index is 1.50. The lowest BCUT2D eigenvalue weighted by Gasteiger charge is -2.36. The topological polar surface area (TPSA) is 66.8 Å². The van der Waals surface area contributed by atoms with E-state index in [4.69, 9.17) is 4.74 Å². The molecule has 140 valence electrons. The van der Waals surface area contributed by atoms with Gasteiger partial charge in [0.2, 0.25) is 0 Å². The van der Waals surface area contributed by atoms with Crippen LogP contribution < -0.4 is 0 Å². The second-order valence-electron chi connectivity index (χ2n) is 7.39. The van der Waals surface area contributed by atoms with E-state index in [1.54, 1.807) is 0 Å². The number of carboxylic acid groups (broad SMARTS) is 1. The van der Waals surface area contributed by atoms with Gasteiger partial charge in [-0.2, -0.15) is 0 Å². The monoisotopic (exact) mass is 365 g/mol. The highest BCUT2D eigenvalue weighted by molar-refractivity contribution is 5.81. The highest BCUT2D eigenvalue weighted by Crippen LogP contribution is 2.44. The summed E-state index contributed by atoms with van der Waals surface area (Å²) in [4.78, 5) is 25.4. The Morgan fingerprint density at radius 3 is 2.11 bits per heavy atom. The molecule has 2 aliphatic rings. The van der Waals surface area contributed by atoms with Crippen LogP contribution in [-0.2, 0) is 9.53 Å². The van der Waals surface area contributed by atoms with Gasteiger partial charge in [0.05, 0.1) is 0 Å². The zero-order valence-electron chi connectivity index (χ0n) is 15.3. The lowest BCUT2D eigenvalue weighted by Crippen LogP contribution is -2.49. The molecule has 1 atom stereocenters. The van der Waals surface area contributed by atoms with Crippen molar-refractivity contribution in [1.29, 1.82) is 0 Å². The Labute approximate surface area is 158 Å².